The molecule has 0 N–H and O–H groups in total. The summed E-state index contributed by atoms with van der Waals surface area (Å²) < 4.78 is 2.55. The first-order valence-corrected chi connectivity index (χ1v) is 32.3. The first-order chi connectivity index (χ1) is 41.1. The van der Waals surface area contributed by atoms with E-state index < -0.39 is 0 Å². The number of para-hydroxylation sites is 2. The third-order valence-corrected chi connectivity index (χ3v) is 19.0. The van der Waals surface area contributed by atoms with Crippen LogP contribution in [0.25, 0.3) is 93.2 Å². The largest absolute Gasteiger partial charge is 0.309 e. The Bertz CT molecular complexity index is 4560. The van der Waals surface area contributed by atoms with Gasteiger partial charge in [0.25, 0.3) is 0 Å². The fourth-order valence-electron chi connectivity index (χ4n) is 13.4. The van der Waals surface area contributed by atoms with Crippen LogP contribution in [0.15, 0.2) is 188 Å². The van der Waals surface area contributed by atoms with Crippen molar-refractivity contribution >= 4 is 71.2 Å². The third kappa shape index (κ3) is 10.8. The SMILES string of the molecule is CC(C)(C)c1cc(-c2cc(C(C)(C)C)ccc2-c2ccccc2N(c2ccccc2-c2cc(C(C)(C)C)cc(C(C)(C)C)c2)c2ccc3ccc4c(-n5c6ccc(C(C)(C)C)cc6c6cc(C(C)(C)C)ccc65)ccc5ccc2c3c54)cc(C(C)(C)C)c1. The summed E-state index contributed by atoms with van der Waals surface area (Å²) in [5.41, 5.74) is 23.3. The highest BCUT2D eigenvalue weighted by atomic mass is 15.1. The van der Waals surface area contributed by atoms with Crippen LogP contribution in [0.4, 0.5) is 17.1 Å². The Morgan fingerprint density at radius 3 is 1.10 bits per heavy atom. The molecule has 11 aromatic carbocycles. The van der Waals surface area contributed by atoms with Gasteiger partial charge in [0, 0.05) is 32.7 Å². The quantitative estimate of drug-likeness (QED) is 0.144. The Morgan fingerprint density at radius 1 is 0.250 bits per heavy atom. The first-order valence-electron chi connectivity index (χ1n) is 32.3. The van der Waals surface area contributed by atoms with E-state index in [9.17, 15) is 0 Å². The zero-order chi connectivity index (χ0) is 63.2. The molecule has 12 rings (SSSR count). The minimum Gasteiger partial charge on any atom is -0.309 e. The molecule has 0 amide bonds. The summed E-state index contributed by atoms with van der Waals surface area (Å²) in [6, 6.07) is 74.0. The van der Waals surface area contributed by atoms with Crippen LogP contribution >= 0.6 is 0 Å². The first kappa shape index (κ1) is 60.3. The van der Waals surface area contributed by atoms with Gasteiger partial charge in [-0.3, -0.25) is 0 Å². The van der Waals surface area contributed by atoms with E-state index in [-0.39, 0.29) is 37.9 Å². The molecular weight excluding hydrogens is 1060 g/mol. The van der Waals surface area contributed by atoms with Crippen LogP contribution in [0.5, 0.6) is 0 Å². The zero-order valence-corrected chi connectivity index (χ0v) is 56.8. The Labute approximate surface area is 527 Å². The number of benzene rings is 11. The predicted octanol–water partition coefficient (Wildman–Crippen LogP) is 25.2. The highest BCUT2D eigenvalue weighted by Crippen LogP contribution is 2.52. The van der Waals surface area contributed by atoms with E-state index in [0.29, 0.717) is 0 Å². The van der Waals surface area contributed by atoms with E-state index in [0.717, 1.165) is 17.1 Å². The highest BCUT2D eigenvalue weighted by Gasteiger charge is 2.30. The molecule has 0 unspecified atom stereocenters. The van der Waals surface area contributed by atoms with E-state index >= 15 is 0 Å². The molecule has 0 saturated carbocycles. The van der Waals surface area contributed by atoms with Crippen molar-refractivity contribution in [3.8, 4) is 39.1 Å². The van der Waals surface area contributed by atoms with E-state index in [2.05, 4.69) is 343 Å². The van der Waals surface area contributed by atoms with E-state index in [1.54, 1.807) is 0 Å². The molecule has 0 aliphatic rings. The van der Waals surface area contributed by atoms with Crippen molar-refractivity contribution in [3.05, 3.63) is 227 Å². The molecule has 1 aromatic heterocycles. The molecule has 0 bridgehead atoms. The minimum atomic E-state index is -0.0749. The predicted molar refractivity (Wildman–Crippen MR) is 386 cm³/mol. The summed E-state index contributed by atoms with van der Waals surface area (Å²) in [6.07, 6.45) is 0. The van der Waals surface area contributed by atoms with Gasteiger partial charge < -0.3 is 9.47 Å². The van der Waals surface area contributed by atoms with Gasteiger partial charge in [0.15, 0.2) is 0 Å². The molecule has 2 heteroatoms. The molecular formula is C86H94N2. The highest BCUT2D eigenvalue weighted by molar-refractivity contribution is 6.28. The van der Waals surface area contributed by atoms with E-state index in [4.69, 9.17) is 0 Å². The Balaban J connectivity index is 1.18. The summed E-state index contributed by atoms with van der Waals surface area (Å²) in [5.74, 6) is 0. The van der Waals surface area contributed by atoms with Gasteiger partial charge in [-0.05, 0) is 175 Å². The van der Waals surface area contributed by atoms with Gasteiger partial charge in [0.05, 0.1) is 33.8 Å². The smallest absolute Gasteiger partial charge is 0.0541 e. The van der Waals surface area contributed by atoms with Crippen LogP contribution in [0.1, 0.15) is 184 Å². The number of rotatable bonds is 7. The molecule has 88 heavy (non-hydrogen) atoms. The van der Waals surface area contributed by atoms with Crippen LogP contribution < -0.4 is 4.90 Å². The second-order valence-electron chi connectivity index (χ2n) is 32.9. The van der Waals surface area contributed by atoms with E-state index in [1.165, 1.54) is 132 Å². The number of fused-ring (bicyclic) bond motifs is 3. The van der Waals surface area contributed by atoms with Crippen LogP contribution in [0, 0.1) is 0 Å². The Morgan fingerprint density at radius 2 is 0.625 bits per heavy atom. The molecule has 0 fully saturated rings. The topological polar surface area (TPSA) is 8.17 Å². The van der Waals surface area contributed by atoms with Crippen molar-refractivity contribution in [3.63, 3.8) is 0 Å². The fraction of sp³-hybridized carbons (Fsp3) is 0.326. The lowest BCUT2D eigenvalue weighted by atomic mass is 9.77. The van der Waals surface area contributed by atoms with Crippen LogP contribution in [-0.2, 0) is 37.9 Å². The zero-order valence-electron chi connectivity index (χ0n) is 56.8. The van der Waals surface area contributed by atoms with Gasteiger partial charge in [-0.25, -0.2) is 0 Å². The van der Waals surface area contributed by atoms with Gasteiger partial charge in [0.1, 0.15) is 0 Å². The standard InChI is InChI=1S/C86H94N2/c1-80(2,3)57-34-39-65(69(50-57)56-46-62(85(16,17)18)49-63(47-56)86(19,20)21)66-27-23-25-29-73(66)87(72-28-24-22-26-64(72)55-44-60(83(10,11)12)48-61(45-55)84(13,14)15)74-40-32-53-31-38-68-75(41-33-54-30-37-67(74)78(53)79(54)68)88-76-42-35-58(81(4,5)6)51-70(76)71-52-59(82(7,8)9)36-43-77(71)88/h22-52H,1-21H3. The lowest BCUT2D eigenvalue weighted by Crippen LogP contribution is -2.17. The lowest BCUT2D eigenvalue weighted by Gasteiger charge is -2.33. The van der Waals surface area contributed by atoms with Crippen LogP contribution in [0.2, 0.25) is 0 Å². The van der Waals surface area contributed by atoms with Crippen molar-refractivity contribution in [2.24, 2.45) is 0 Å². The van der Waals surface area contributed by atoms with Crippen LogP contribution in [-0.4, -0.2) is 4.57 Å². The molecule has 0 aliphatic heterocycles. The van der Waals surface area contributed by atoms with Crippen molar-refractivity contribution in [1.29, 1.82) is 0 Å². The van der Waals surface area contributed by atoms with Gasteiger partial charge in [0.2, 0.25) is 0 Å². The van der Waals surface area contributed by atoms with Crippen molar-refractivity contribution in [2.75, 3.05) is 4.90 Å². The maximum absolute atomic E-state index is 2.62. The van der Waals surface area contributed by atoms with Crippen LogP contribution in [0.3, 0.4) is 0 Å². The molecule has 448 valence electrons. The average molecular weight is 1160 g/mol. The van der Waals surface area contributed by atoms with Gasteiger partial charge in [-0.2, -0.15) is 0 Å². The number of hydrogen-bond donors (Lipinski definition) is 0. The summed E-state index contributed by atoms with van der Waals surface area (Å²) in [7, 11) is 0. The van der Waals surface area contributed by atoms with Crippen molar-refractivity contribution in [2.45, 2.75) is 183 Å². The lowest BCUT2D eigenvalue weighted by molar-refractivity contribution is 0.568. The van der Waals surface area contributed by atoms with Crippen molar-refractivity contribution < 1.29 is 0 Å². The summed E-state index contributed by atoms with van der Waals surface area (Å²) in [4.78, 5) is 2.62. The summed E-state index contributed by atoms with van der Waals surface area (Å²) >= 11 is 0. The van der Waals surface area contributed by atoms with Gasteiger partial charge >= 0.3 is 0 Å². The number of anilines is 3. The van der Waals surface area contributed by atoms with Gasteiger partial charge in [-0.15, -0.1) is 0 Å². The fourth-order valence-corrected chi connectivity index (χ4v) is 13.4. The number of hydrogen-bond acceptors (Lipinski definition) is 1. The normalized spacial score (nSPS) is 13.3. The van der Waals surface area contributed by atoms with Crippen molar-refractivity contribution in [1.82, 2.24) is 4.57 Å². The Kier molecular flexibility index (Phi) is 14.3. The number of aromatic nitrogens is 1. The summed E-state index contributed by atoms with van der Waals surface area (Å²) in [6.45, 7) is 49.2. The molecule has 12 aromatic rings. The summed E-state index contributed by atoms with van der Waals surface area (Å²) in [5, 5.41) is 10.1. The molecule has 1 heterocycles. The molecule has 0 saturated heterocycles. The second-order valence-corrected chi connectivity index (χ2v) is 32.9. The Hall–Kier alpha value is -7.94. The molecule has 2 nitrogen and oxygen atoms in total. The molecule has 0 radical (unpaired) electrons. The maximum Gasteiger partial charge on any atom is 0.0541 e. The van der Waals surface area contributed by atoms with Gasteiger partial charge in [-0.1, -0.05) is 279 Å². The average Bonchev–Trinajstić information content (AvgIpc) is 1.40. The molecule has 0 spiro atoms. The molecule has 0 aliphatic carbocycles. The van der Waals surface area contributed by atoms with E-state index in [1.807, 2.05) is 0 Å². The third-order valence-electron chi connectivity index (χ3n) is 19.0. The minimum absolute atomic E-state index is 0.00305. The number of nitrogens with zero attached hydrogens (tertiary/aromatic N) is 2. The molecule has 0 atom stereocenters. The maximum atomic E-state index is 2.62. The second kappa shape index (κ2) is 20.8. The monoisotopic (exact) mass is 1150 g/mol.